The molecule has 0 radical (unpaired) electrons. The van der Waals surface area contributed by atoms with Crippen LogP contribution in [0.5, 0.6) is 0 Å². The maximum Gasteiger partial charge on any atom is 0.339 e. The van der Waals surface area contributed by atoms with Crippen LogP contribution in [-0.2, 0) is 14.3 Å². The first-order valence-corrected chi connectivity index (χ1v) is 12.0. The molecule has 156 valence electrons. The molecule has 0 N–H and O–H groups in total. The van der Waals surface area contributed by atoms with Crippen molar-refractivity contribution in [2.24, 2.45) is 5.92 Å². The van der Waals surface area contributed by atoms with E-state index >= 15 is 0 Å². The molecule has 3 fully saturated rings. The van der Waals surface area contributed by atoms with Crippen molar-refractivity contribution in [1.29, 1.82) is 0 Å². The Morgan fingerprint density at radius 2 is 2.21 bits per heavy atom. The molecule has 2 saturated heterocycles. The van der Waals surface area contributed by atoms with E-state index < -0.39 is 22.9 Å². The van der Waals surface area contributed by atoms with Gasteiger partial charge in [-0.3, -0.25) is 4.65 Å². The second-order valence-electron chi connectivity index (χ2n) is 8.04. The van der Waals surface area contributed by atoms with E-state index in [2.05, 4.69) is 33.1 Å². The van der Waals surface area contributed by atoms with Gasteiger partial charge in [0.15, 0.2) is 6.10 Å². The third-order valence-corrected chi connectivity index (χ3v) is 8.00. The fourth-order valence-corrected chi connectivity index (χ4v) is 5.70. The van der Waals surface area contributed by atoms with Crippen LogP contribution in [0.2, 0.25) is 0 Å². The highest BCUT2D eigenvalue weighted by atomic mass is 79.9. The van der Waals surface area contributed by atoms with E-state index in [-0.39, 0.29) is 6.67 Å². The van der Waals surface area contributed by atoms with E-state index in [1.807, 2.05) is 4.90 Å². The average molecular weight is 475 g/mol. The second-order valence-corrected chi connectivity index (χ2v) is 9.53. The number of carbonyl (C=O) groups excluding carboxylic acids is 1. The Kier molecular flexibility index (Phi) is 6.34. The largest absolute Gasteiger partial charge is 0.622 e. The van der Waals surface area contributed by atoms with Gasteiger partial charge >= 0.3 is 11.1 Å². The lowest BCUT2D eigenvalue weighted by Gasteiger charge is -2.38. The van der Waals surface area contributed by atoms with E-state index in [1.165, 1.54) is 24.2 Å². The molecule has 4 rings (SSSR count). The van der Waals surface area contributed by atoms with E-state index in [4.69, 9.17) is 9.47 Å². The predicted molar refractivity (Wildman–Crippen MR) is 110 cm³/mol. The van der Waals surface area contributed by atoms with Crippen LogP contribution in [0.3, 0.4) is 0 Å². The monoisotopic (exact) mass is 474 g/mol. The molecule has 1 saturated carbocycles. The van der Waals surface area contributed by atoms with Crippen LogP contribution in [0.15, 0.2) is 0 Å². The van der Waals surface area contributed by atoms with Gasteiger partial charge < -0.3 is 14.7 Å². The molecule has 4 unspecified atom stereocenters. The van der Waals surface area contributed by atoms with Crippen LogP contribution in [0.4, 0.5) is 5.13 Å². The van der Waals surface area contributed by atoms with Crippen molar-refractivity contribution < 1.29 is 14.3 Å². The van der Waals surface area contributed by atoms with Gasteiger partial charge in [-0.1, -0.05) is 47.2 Å². The number of aromatic nitrogens is 2. The summed E-state index contributed by atoms with van der Waals surface area (Å²) in [6.07, 6.45) is 4.84. The van der Waals surface area contributed by atoms with E-state index in [9.17, 15) is 10.0 Å². The molecule has 1 aromatic heterocycles. The van der Waals surface area contributed by atoms with Gasteiger partial charge in [0.05, 0.1) is 18.6 Å². The Balaban J connectivity index is 1.49. The van der Waals surface area contributed by atoms with Gasteiger partial charge in [-0.15, -0.1) is 5.10 Å². The van der Waals surface area contributed by atoms with Gasteiger partial charge in [0.1, 0.15) is 11.7 Å². The zero-order chi connectivity index (χ0) is 19.7. The summed E-state index contributed by atoms with van der Waals surface area (Å²) in [5, 5.41) is 23.6. The lowest BCUT2D eigenvalue weighted by Crippen LogP contribution is -2.51. The highest BCUT2D eigenvalue weighted by Gasteiger charge is 2.47. The van der Waals surface area contributed by atoms with Crippen molar-refractivity contribution in [3.63, 3.8) is 0 Å². The fraction of sp³-hybridized carbons (Fsp3) is 0.833. The smallest absolute Gasteiger partial charge is 0.339 e. The predicted octanol–water partition coefficient (Wildman–Crippen LogP) is 3.31. The molecule has 1 aliphatic carbocycles. The number of quaternary nitrogens is 1. The summed E-state index contributed by atoms with van der Waals surface area (Å²) in [6.45, 7) is 3.21. The molecule has 4 atom stereocenters. The van der Waals surface area contributed by atoms with Crippen molar-refractivity contribution in [1.82, 2.24) is 19.7 Å². The van der Waals surface area contributed by atoms with Crippen molar-refractivity contribution in [2.45, 2.75) is 63.7 Å². The molecule has 0 spiro atoms. The Hall–Kier alpha value is -0.650. The van der Waals surface area contributed by atoms with Crippen molar-refractivity contribution in [3.05, 3.63) is 10.2 Å². The molecule has 2 aliphatic heterocycles. The molecule has 3 aliphatic rings. The number of nitrogens with zero attached hydrogens (tertiary/aromatic N) is 4. The number of hydrogen-bond acceptors (Lipinski definition) is 8. The standard InChI is InChI=1S/C18H27BrN4O4S/c1-2-12-7-14(26-9-12)17(24)27-15-8-22(10-19)11-23(15,25)18-21-20-16(28-18)13-5-3-4-6-13/h12-15H,2-11H2,1H3. The van der Waals surface area contributed by atoms with E-state index in [0.717, 1.165) is 24.3 Å². The van der Waals surface area contributed by atoms with Gasteiger partial charge in [0.2, 0.25) is 0 Å². The number of hydrogen-bond donors (Lipinski definition) is 0. The first-order chi connectivity index (χ1) is 13.5. The van der Waals surface area contributed by atoms with Gasteiger partial charge in [-0.2, -0.15) is 0 Å². The quantitative estimate of drug-likeness (QED) is 0.205. The molecular formula is C18H27BrN4O4S. The van der Waals surface area contributed by atoms with Crippen molar-refractivity contribution in [3.8, 4) is 0 Å². The summed E-state index contributed by atoms with van der Waals surface area (Å²) in [5.41, 5.74) is 0.537. The van der Waals surface area contributed by atoms with Crippen LogP contribution in [0.1, 0.15) is 56.4 Å². The Labute approximate surface area is 177 Å². The molecule has 8 nitrogen and oxygen atoms in total. The number of rotatable bonds is 6. The Morgan fingerprint density at radius 3 is 2.89 bits per heavy atom. The number of esters is 1. The third-order valence-electron chi connectivity index (χ3n) is 6.09. The number of carbonyl (C=O) groups is 1. The molecule has 3 heterocycles. The molecule has 10 heteroatoms. The first-order valence-electron chi connectivity index (χ1n) is 10.1. The van der Waals surface area contributed by atoms with Gasteiger partial charge in [-0.05, 0) is 36.5 Å². The van der Waals surface area contributed by atoms with Crippen LogP contribution in [-0.4, -0.2) is 58.7 Å². The summed E-state index contributed by atoms with van der Waals surface area (Å²) < 4.78 is 10.5. The minimum absolute atomic E-state index is 0.186. The number of halogens is 1. The van der Waals surface area contributed by atoms with Crippen LogP contribution in [0, 0.1) is 11.1 Å². The summed E-state index contributed by atoms with van der Waals surface area (Å²) >= 11 is 4.79. The lowest BCUT2D eigenvalue weighted by atomic mass is 10.0. The summed E-state index contributed by atoms with van der Waals surface area (Å²) in [4.78, 5) is 14.6. The van der Waals surface area contributed by atoms with Gasteiger partial charge in [-0.25, -0.2) is 9.69 Å². The summed E-state index contributed by atoms with van der Waals surface area (Å²) in [7, 11) is 0. The normalized spacial score (nSPS) is 34.3. The van der Waals surface area contributed by atoms with E-state index in [0.29, 0.717) is 42.0 Å². The molecule has 28 heavy (non-hydrogen) atoms. The minimum Gasteiger partial charge on any atom is -0.622 e. The van der Waals surface area contributed by atoms with Crippen molar-refractivity contribution in [2.75, 3.05) is 25.3 Å². The van der Waals surface area contributed by atoms with Crippen LogP contribution < -0.4 is 4.65 Å². The Morgan fingerprint density at radius 1 is 1.43 bits per heavy atom. The minimum atomic E-state index is -0.848. The van der Waals surface area contributed by atoms with E-state index in [1.54, 1.807) is 0 Å². The molecular weight excluding hydrogens is 448 g/mol. The summed E-state index contributed by atoms with van der Waals surface area (Å²) in [5.74, 6) is 0.353. The fourth-order valence-electron chi connectivity index (χ4n) is 4.26. The van der Waals surface area contributed by atoms with Crippen molar-refractivity contribution >= 4 is 38.4 Å². The zero-order valence-corrected chi connectivity index (χ0v) is 18.5. The third kappa shape index (κ3) is 3.99. The molecule has 0 bridgehead atoms. The maximum absolute atomic E-state index is 13.8. The number of hydroxylamine groups is 2. The molecule has 0 amide bonds. The maximum atomic E-state index is 13.8. The van der Waals surface area contributed by atoms with Crippen LogP contribution >= 0.6 is 27.3 Å². The Bertz CT molecular complexity index is 701. The number of alkyl halides is 1. The highest BCUT2D eigenvalue weighted by Crippen LogP contribution is 2.41. The SMILES string of the molecule is CCC1COC(C(=O)OC2CN(CBr)C[N+]2([O-])c2nnc(C3CCCC3)s2)C1. The number of ether oxygens (including phenoxy) is 2. The second kappa shape index (κ2) is 8.61. The lowest BCUT2D eigenvalue weighted by molar-refractivity contribution is -0.164. The molecule has 1 aromatic rings. The zero-order valence-electron chi connectivity index (χ0n) is 16.1. The van der Waals surface area contributed by atoms with Crippen LogP contribution in [0.25, 0.3) is 0 Å². The topological polar surface area (TPSA) is 87.6 Å². The average Bonchev–Trinajstić information content (AvgIpc) is 3.47. The molecule has 0 aromatic carbocycles. The highest BCUT2D eigenvalue weighted by molar-refractivity contribution is 9.09. The van der Waals surface area contributed by atoms with Gasteiger partial charge in [0, 0.05) is 5.92 Å². The summed E-state index contributed by atoms with van der Waals surface area (Å²) in [6, 6.07) is 0. The van der Waals surface area contributed by atoms with Gasteiger partial charge in [0.25, 0.3) is 6.23 Å². The first kappa shape index (κ1) is 20.6.